The van der Waals surface area contributed by atoms with Crippen LogP contribution < -0.4 is 5.73 Å². The highest BCUT2D eigenvalue weighted by molar-refractivity contribution is 5.97. The summed E-state index contributed by atoms with van der Waals surface area (Å²) >= 11 is 0. The molecule has 0 aliphatic carbocycles. The Morgan fingerprint density at radius 2 is 2.19 bits per heavy atom. The Bertz CT molecular complexity index is 440. The van der Waals surface area contributed by atoms with E-state index in [0.717, 1.165) is 0 Å². The second-order valence-corrected chi connectivity index (χ2v) is 2.99. The first kappa shape index (κ1) is 11.8. The molecule has 84 valence electrons. The van der Waals surface area contributed by atoms with E-state index >= 15 is 0 Å². The number of hydrogen-bond acceptors (Lipinski definition) is 4. The smallest absolute Gasteiger partial charge is 0.338 e. The van der Waals surface area contributed by atoms with Crippen LogP contribution in [-0.4, -0.2) is 23.7 Å². The summed E-state index contributed by atoms with van der Waals surface area (Å²) in [5.74, 6) is -1.70. The molecule has 0 aliphatic heterocycles. The predicted octanol–water partition coefficient (Wildman–Crippen LogP) is 1.31. The van der Waals surface area contributed by atoms with Crippen LogP contribution in [0.15, 0.2) is 30.9 Å². The molecule has 16 heavy (non-hydrogen) atoms. The number of nitrogen functional groups attached to an aromatic ring is 1. The molecule has 0 aliphatic rings. The van der Waals surface area contributed by atoms with Gasteiger partial charge in [-0.1, -0.05) is 12.7 Å². The lowest BCUT2D eigenvalue weighted by Gasteiger charge is -2.04. The Labute approximate surface area is 92.1 Å². The van der Waals surface area contributed by atoms with Gasteiger partial charge in [0.15, 0.2) is 0 Å². The normalized spacial score (nSPS) is 9.50. The number of carboxylic acid groups (broad SMARTS) is 1. The van der Waals surface area contributed by atoms with E-state index in [2.05, 4.69) is 6.58 Å². The Morgan fingerprint density at radius 3 is 2.69 bits per heavy atom. The van der Waals surface area contributed by atoms with Gasteiger partial charge in [0.05, 0.1) is 11.1 Å². The van der Waals surface area contributed by atoms with E-state index in [1.165, 1.54) is 24.3 Å². The van der Waals surface area contributed by atoms with E-state index in [1.54, 1.807) is 0 Å². The van der Waals surface area contributed by atoms with Crippen LogP contribution in [0.25, 0.3) is 0 Å². The predicted molar refractivity (Wildman–Crippen MR) is 58.3 cm³/mol. The van der Waals surface area contributed by atoms with Crippen molar-refractivity contribution < 1.29 is 19.4 Å². The highest BCUT2D eigenvalue weighted by atomic mass is 16.5. The average Bonchev–Trinajstić information content (AvgIpc) is 2.25. The van der Waals surface area contributed by atoms with E-state index in [9.17, 15) is 9.59 Å². The number of carboxylic acids is 1. The fourth-order valence-electron chi connectivity index (χ4n) is 1.10. The van der Waals surface area contributed by atoms with Crippen LogP contribution in [0.2, 0.25) is 0 Å². The van der Waals surface area contributed by atoms with Crippen molar-refractivity contribution in [2.75, 3.05) is 12.3 Å². The van der Waals surface area contributed by atoms with Crippen LogP contribution in [-0.2, 0) is 4.74 Å². The molecule has 1 aromatic carbocycles. The molecule has 0 spiro atoms. The third kappa shape index (κ3) is 2.60. The van der Waals surface area contributed by atoms with E-state index in [-0.39, 0.29) is 23.4 Å². The standard InChI is InChI=1S/C11H11NO4/c1-2-5-16-11(15)7-3-4-8(10(13)14)9(12)6-7/h2-4,6H,1,5,12H2,(H,13,14). The first-order valence-electron chi connectivity index (χ1n) is 4.47. The molecule has 0 atom stereocenters. The van der Waals surface area contributed by atoms with E-state index in [1.807, 2.05) is 0 Å². The van der Waals surface area contributed by atoms with Crippen molar-refractivity contribution in [2.45, 2.75) is 0 Å². The number of rotatable bonds is 4. The Kier molecular flexibility index (Phi) is 3.66. The summed E-state index contributed by atoms with van der Waals surface area (Å²) in [7, 11) is 0. The molecular formula is C11H11NO4. The fourth-order valence-corrected chi connectivity index (χ4v) is 1.10. The minimum atomic E-state index is -1.14. The van der Waals surface area contributed by atoms with Crippen molar-refractivity contribution in [2.24, 2.45) is 0 Å². The SMILES string of the molecule is C=CCOC(=O)c1ccc(C(=O)O)c(N)c1. The lowest BCUT2D eigenvalue weighted by molar-refractivity contribution is 0.0548. The largest absolute Gasteiger partial charge is 0.478 e. The number of carbonyl (C=O) groups excluding carboxylic acids is 1. The zero-order chi connectivity index (χ0) is 12.1. The number of benzene rings is 1. The summed E-state index contributed by atoms with van der Waals surface area (Å²) in [5, 5.41) is 8.73. The van der Waals surface area contributed by atoms with Gasteiger partial charge < -0.3 is 15.6 Å². The van der Waals surface area contributed by atoms with Gasteiger partial charge in [-0.25, -0.2) is 9.59 Å². The fraction of sp³-hybridized carbons (Fsp3) is 0.0909. The second-order valence-electron chi connectivity index (χ2n) is 2.99. The van der Waals surface area contributed by atoms with Crippen LogP contribution in [0.4, 0.5) is 5.69 Å². The molecule has 0 bridgehead atoms. The minimum Gasteiger partial charge on any atom is -0.478 e. The summed E-state index contributed by atoms with van der Waals surface area (Å²) in [6.45, 7) is 3.50. The molecule has 5 heteroatoms. The second kappa shape index (κ2) is 4.97. The summed E-state index contributed by atoms with van der Waals surface area (Å²) in [4.78, 5) is 22.0. The van der Waals surface area contributed by atoms with Gasteiger partial charge in [0.2, 0.25) is 0 Å². The molecule has 0 heterocycles. The first-order chi connectivity index (χ1) is 7.56. The van der Waals surface area contributed by atoms with Crippen molar-refractivity contribution in [3.63, 3.8) is 0 Å². The van der Waals surface area contributed by atoms with Gasteiger partial charge in [-0.05, 0) is 18.2 Å². The average molecular weight is 221 g/mol. The van der Waals surface area contributed by atoms with Crippen LogP contribution >= 0.6 is 0 Å². The molecule has 5 nitrogen and oxygen atoms in total. The number of aromatic carboxylic acids is 1. The third-order valence-corrected chi connectivity index (χ3v) is 1.85. The molecule has 0 aromatic heterocycles. The lowest BCUT2D eigenvalue weighted by Crippen LogP contribution is -2.08. The Balaban J connectivity index is 2.92. The third-order valence-electron chi connectivity index (χ3n) is 1.85. The molecule has 3 N–H and O–H groups in total. The summed E-state index contributed by atoms with van der Waals surface area (Å²) < 4.78 is 4.77. The van der Waals surface area contributed by atoms with Gasteiger partial charge in [-0.2, -0.15) is 0 Å². The van der Waals surface area contributed by atoms with Crippen LogP contribution in [0.3, 0.4) is 0 Å². The van der Waals surface area contributed by atoms with Gasteiger partial charge >= 0.3 is 11.9 Å². The maximum atomic E-state index is 11.4. The minimum absolute atomic E-state index is 0.0283. The topological polar surface area (TPSA) is 89.6 Å². The number of ether oxygens (including phenoxy) is 1. The Hall–Kier alpha value is -2.30. The van der Waals surface area contributed by atoms with Gasteiger partial charge in [-0.3, -0.25) is 0 Å². The number of nitrogens with two attached hydrogens (primary N) is 1. The van der Waals surface area contributed by atoms with E-state index in [4.69, 9.17) is 15.6 Å². The van der Waals surface area contributed by atoms with Crippen LogP contribution in [0.5, 0.6) is 0 Å². The van der Waals surface area contributed by atoms with Gasteiger partial charge in [-0.15, -0.1) is 0 Å². The van der Waals surface area contributed by atoms with Gasteiger partial charge in [0, 0.05) is 5.69 Å². The zero-order valence-electron chi connectivity index (χ0n) is 8.47. The number of esters is 1. The number of anilines is 1. The molecule has 0 unspecified atom stereocenters. The van der Waals surface area contributed by atoms with Crippen molar-refractivity contribution >= 4 is 17.6 Å². The van der Waals surface area contributed by atoms with E-state index < -0.39 is 11.9 Å². The van der Waals surface area contributed by atoms with Crippen molar-refractivity contribution in [1.29, 1.82) is 0 Å². The Morgan fingerprint density at radius 1 is 1.50 bits per heavy atom. The lowest BCUT2D eigenvalue weighted by atomic mass is 10.1. The summed E-state index contributed by atoms with van der Waals surface area (Å²) in [5.41, 5.74) is 5.68. The van der Waals surface area contributed by atoms with Gasteiger partial charge in [0.25, 0.3) is 0 Å². The molecule has 0 saturated heterocycles. The molecule has 1 rings (SSSR count). The summed E-state index contributed by atoms with van der Waals surface area (Å²) in [6.07, 6.45) is 1.44. The maximum absolute atomic E-state index is 11.4. The highest BCUT2D eigenvalue weighted by Gasteiger charge is 2.12. The van der Waals surface area contributed by atoms with Crippen LogP contribution in [0, 0.1) is 0 Å². The molecule has 0 saturated carbocycles. The number of carbonyl (C=O) groups is 2. The van der Waals surface area contributed by atoms with Crippen molar-refractivity contribution in [1.82, 2.24) is 0 Å². The maximum Gasteiger partial charge on any atom is 0.338 e. The zero-order valence-corrected chi connectivity index (χ0v) is 8.47. The van der Waals surface area contributed by atoms with Crippen LogP contribution in [0.1, 0.15) is 20.7 Å². The molecule has 0 fully saturated rings. The molecular weight excluding hydrogens is 210 g/mol. The number of hydrogen-bond donors (Lipinski definition) is 2. The van der Waals surface area contributed by atoms with Gasteiger partial charge in [0.1, 0.15) is 6.61 Å². The highest BCUT2D eigenvalue weighted by Crippen LogP contribution is 2.15. The molecule has 0 amide bonds. The quantitative estimate of drug-likeness (QED) is 0.454. The van der Waals surface area contributed by atoms with Crippen molar-refractivity contribution in [3.05, 3.63) is 42.0 Å². The monoisotopic (exact) mass is 221 g/mol. The molecule has 1 aromatic rings. The summed E-state index contributed by atoms with van der Waals surface area (Å²) in [6, 6.07) is 3.89. The first-order valence-corrected chi connectivity index (χ1v) is 4.47. The van der Waals surface area contributed by atoms with Crippen molar-refractivity contribution in [3.8, 4) is 0 Å². The molecule has 0 radical (unpaired) electrons. The van der Waals surface area contributed by atoms with E-state index in [0.29, 0.717) is 0 Å².